The fourth-order valence-electron chi connectivity index (χ4n) is 2.32. The maximum absolute atomic E-state index is 13.6. The van der Waals surface area contributed by atoms with E-state index in [-0.39, 0.29) is 5.69 Å². The van der Waals surface area contributed by atoms with Crippen LogP contribution in [0.15, 0.2) is 53.5 Å². The summed E-state index contributed by atoms with van der Waals surface area (Å²) in [4.78, 5) is 24.7. The Kier molecular flexibility index (Phi) is 4.07. The molecule has 122 valence electrons. The summed E-state index contributed by atoms with van der Waals surface area (Å²) in [6.07, 6.45) is 1.48. The van der Waals surface area contributed by atoms with Gasteiger partial charge >= 0.3 is 0 Å². The Labute approximate surface area is 135 Å². The molecule has 1 heterocycles. The highest BCUT2D eigenvalue weighted by Crippen LogP contribution is 2.17. The number of anilines is 1. The summed E-state index contributed by atoms with van der Waals surface area (Å²) in [5, 5.41) is 7.33. The van der Waals surface area contributed by atoms with Gasteiger partial charge in [0.15, 0.2) is 0 Å². The van der Waals surface area contributed by atoms with Gasteiger partial charge in [0.25, 0.3) is 5.56 Å². The number of aromatic nitrogens is 2. The topological polar surface area (TPSA) is 64.0 Å². The molecule has 0 fully saturated rings. The second-order valence-corrected chi connectivity index (χ2v) is 5.27. The summed E-state index contributed by atoms with van der Waals surface area (Å²) in [7, 11) is 0. The quantitative estimate of drug-likeness (QED) is 0.803. The van der Waals surface area contributed by atoms with Crippen LogP contribution in [0.2, 0.25) is 0 Å². The minimum Gasteiger partial charge on any atom is -0.322 e. The first-order valence-electron chi connectivity index (χ1n) is 7.20. The number of carbonyl (C=O) groups excluding carboxylic acids is 1. The molecule has 0 radical (unpaired) electrons. The molecule has 0 saturated carbocycles. The minimum absolute atomic E-state index is 0.291. The van der Waals surface area contributed by atoms with E-state index in [0.29, 0.717) is 10.8 Å². The highest BCUT2D eigenvalue weighted by Gasteiger charge is 2.20. The summed E-state index contributed by atoms with van der Waals surface area (Å²) in [5.41, 5.74) is -0.726. The Morgan fingerprint density at radius 1 is 1.21 bits per heavy atom. The zero-order valence-electron chi connectivity index (χ0n) is 12.7. The van der Waals surface area contributed by atoms with Gasteiger partial charge in [-0.3, -0.25) is 9.59 Å². The Morgan fingerprint density at radius 3 is 2.75 bits per heavy atom. The summed E-state index contributed by atoms with van der Waals surface area (Å²) >= 11 is 0. The maximum atomic E-state index is 13.6. The van der Waals surface area contributed by atoms with Crippen LogP contribution in [0.5, 0.6) is 0 Å². The monoisotopic (exact) mass is 329 g/mol. The van der Waals surface area contributed by atoms with E-state index in [1.165, 1.54) is 13.1 Å². The number of nitrogens with zero attached hydrogens (tertiary/aromatic N) is 2. The van der Waals surface area contributed by atoms with Crippen molar-refractivity contribution in [1.82, 2.24) is 9.78 Å². The Bertz CT molecular complexity index is 985. The van der Waals surface area contributed by atoms with Crippen molar-refractivity contribution in [3.63, 3.8) is 0 Å². The van der Waals surface area contributed by atoms with Crippen molar-refractivity contribution < 1.29 is 13.6 Å². The molecule has 24 heavy (non-hydrogen) atoms. The summed E-state index contributed by atoms with van der Waals surface area (Å²) in [5.74, 6) is -2.12. The van der Waals surface area contributed by atoms with Gasteiger partial charge in [0.2, 0.25) is 5.91 Å². The Balaban J connectivity index is 1.92. The van der Waals surface area contributed by atoms with E-state index < -0.39 is 29.1 Å². The molecule has 0 saturated heterocycles. The third-order valence-electron chi connectivity index (χ3n) is 3.65. The van der Waals surface area contributed by atoms with Crippen LogP contribution in [0, 0.1) is 11.6 Å². The average Bonchev–Trinajstić information content (AvgIpc) is 2.58. The molecule has 0 bridgehead atoms. The lowest BCUT2D eigenvalue weighted by Crippen LogP contribution is -2.33. The van der Waals surface area contributed by atoms with Crippen LogP contribution in [0.4, 0.5) is 14.5 Å². The molecule has 1 N–H and O–H groups in total. The van der Waals surface area contributed by atoms with Crippen molar-refractivity contribution in [2.24, 2.45) is 0 Å². The molecule has 3 rings (SSSR count). The molecule has 7 heteroatoms. The highest BCUT2D eigenvalue weighted by molar-refractivity contribution is 5.93. The molecular formula is C17H13F2N3O2. The van der Waals surface area contributed by atoms with Crippen LogP contribution in [-0.2, 0) is 4.79 Å². The molecular weight excluding hydrogens is 316 g/mol. The SMILES string of the molecule is CC(C(=O)Nc1cc(F)ccc1F)n1ncc2ccccc2c1=O. The third kappa shape index (κ3) is 2.88. The second-order valence-electron chi connectivity index (χ2n) is 5.27. The van der Waals surface area contributed by atoms with Gasteiger partial charge in [0.05, 0.1) is 17.3 Å². The van der Waals surface area contributed by atoms with Gasteiger partial charge in [0.1, 0.15) is 17.7 Å². The van der Waals surface area contributed by atoms with Crippen LogP contribution in [-0.4, -0.2) is 15.7 Å². The first-order chi connectivity index (χ1) is 11.5. The van der Waals surface area contributed by atoms with Crippen LogP contribution < -0.4 is 10.9 Å². The van der Waals surface area contributed by atoms with E-state index in [9.17, 15) is 18.4 Å². The number of nitrogens with one attached hydrogen (secondary N) is 1. The smallest absolute Gasteiger partial charge is 0.275 e. The Morgan fingerprint density at radius 2 is 1.96 bits per heavy atom. The third-order valence-corrected chi connectivity index (χ3v) is 3.65. The number of benzene rings is 2. The standard InChI is InChI=1S/C17H13F2N3O2/c1-10(16(23)21-15-8-12(18)6-7-14(15)19)22-17(24)13-5-3-2-4-11(13)9-20-22/h2-10H,1H3,(H,21,23). The van der Waals surface area contributed by atoms with Gasteiger partial charge < -0.3 is 5.32 Å². The van der Waals surface area contributed by atoms with E-state index in [1.54, 1.807) is 24.3 Å². The van der Waals surface area contributed by atoms with Gasteiger partial charge in [-0.1, -0.05) is 18.2 Å². The molecule has 0 aliphatic carbocycles. The molecule has 2 aromatic carbocycles. The van der Waals surface area contributed by atoms with Crippen molar-refractivity contribution >= 4 is 22.4 Å². The number of carbonyl (C=O) groups is 1. The maximum Gasteiger partial charge on any atom is 0.275 e. The molecule has 1 aromatic heterocycles. The molecule has 3 aromatic rings. The average molecular weight is 329 g/mol. The Hall–Kier alpha value is -3.09. The first-order valence-corrected chi connectivity index (χ1v) is 7.20. The van der Waals surface area contributed by atoms with Crippen molar-refractivity contribution in [3.8, 4) is 0 Å². The molecule has 1 atom stereocenters. The molecule has 0 aliphatic heterocycles. The number of fused-ring (bicyclic) bond motifs is 1. The number of hydrogen-bond donors (Lipinski definition) is 1. The number of halogens is 2. The molecule has 0 aliphatic rings. The predicted molar refractivity (Wildman–Crippen MR) is 85.7 cm³/mol. The largest absolute Gasteiger partial charge is 0.322 e. The van der Waals surface area contributed by atoms with E-state index in [2.05, 4.69) is 10.4 Å². The first kappa shape index (κ1) is 15.8. The summed E-state index contributed by atoms with van der Waals surface area (Å²) in [6, 6.07) is 8.59. The van der Waals surface area contributed by atoms with Gasteiger partial charge in [-0.05, 0) is 25.1 Å². The zero-order chi connectivity index (χ0) is 17.3. The predicted octanol–water partition coefficient (Wildman–Crippen LogP) is 2.87. The highest BCUT2D eigenvalue weighted by atomic mass is 19.1. The lowest BCUT2D eigenvalue weighted by atomic mass is 10.2. The lowest BCUT2D eigenvalue weighted by molar-refractivity contribution is -0.119. The van der Waals surface area contributed by atoms with E-state index in [0.717, 1.165) is 22.9 Å². The van der Waals surface area contributed by atoms with Crippen LogP contribution in [0.3, 0.4) is 0 Å². The fourth-order valence-corrected chi connectivity index (χ4v) is 2.32. The van der Waals surface area contributed by atoms with Gasteiger partial charge in [0, 0.05) is 11.5 Å². The van der Waals surface area contributed by atoms with E-state index in [1.807, 2.05) is 0 Å². The molecule has 5 nitrogen and oxygen atoms in total. The van der Waals surface area contributed by atoms with Gasteiger partial charge in [-0.25, -0.2) is 13.5 Å². The van der Waals surface area contributed by atoms with Crippen LogP contribution >= 0.6 is 0 Å². The number of rotatable bonds is 3. The van der Waals surface area contributed by atoms with Gasteiger partial charge in [-0.2, -0.15) is 5.10 Å². The lowest BCUT2D eigenvalue weighted by Gasteiger charge is -2.15. The minimum atomic E-state index is -0.996. The number of hydrogen-bond acceptors (Lipinski definition) is 3. The van der Waals surface area contributed by atoms with Crippen molar-refractivity contribution in [2.45, 2.75) is 13.0 Å². The van der Waals surface area contributed by atoms with Crippen molar-refractivity contribution in [3.05, 3.63) is 70.6 Å². The van der Waals surface area contributed by atoms with Gasteiger partial charge in [-0.15, -0.1) is 0 Å². The zero-order valence-corrected chi connectivity index (χ0v) is 12.7. The molecule has 0 spiro atoms. The van der Waals surface area contributed by atoms with E-state index in [4.69, 9.17) is 0 Å². The second kappa shape index (κ2) is 6.19. The summed E-state index contributed by atoms with van der Waals surface area (Å²) < 4.78 is 27.8. The fraction of sp³-hybridized carbons (Fsp3) is 0.118. The number of amides is 1. The van der Waals surface area contributed by atoms with Crippen molar-refractivity contribution in [2.75, 3.05) is 5.32 Å². The van der Waals surface area contributed by atoms with Crippen LogP contribution in [0.1, 0.15) is 13.0 Å². The normalized spacial score (nSPS) is 12.1. The molecule has 1 amide bonds. The van der Waals surface area contributed by atoms with Crippen LogP contribution in [0.25, 0.3) is 10.8 Å². The van der Waals surface area contributed by atoms with Crippen molar-refractivity contribution in [1.29, 1.82) is 0 Å². The summed E-state index contributed by atoms with van der Waals surface area (Å²) in [6.45, 7) is 1.45. The molecule has 1 unspecified atom stereocenters. The van der Waals surface area contributed by atoms with E-state index >= 15 is 0 Å².